The molecule has 0 aliphatic rings. The Bertz CT molecular complexity index is 1060. The maximum atomic E-state index is 12.1. The van der Waals surface area contributed by atoms with E-state index in [1.807, 2.05) is 26.8 Å². The summed E-state index contributed by atoms with van der Waals surface area (Å²) in [5.74, 6) is -0.437. The lowest BCUT2D eigenvalue weighted by atomic mass is 10.1. The summed E-state index contributed by atoms with van der Waals surface area (Å²) in [7, 11) is 0. The zero-order valence-corrected chi connectivity index (χ0v) is 14.0. The van der Waals surface area contributed by atoms with Crippen LogP contribution in [0.2, 0.25) is 0 Å². The number of amides is 1. The molecule has 7 heteroatoms. The summed E-state index contributed by atoms with van der Waals surface area (Å²) in [6, 6.07) is 1.85. The van der Waals surface area contributed by atoms with Crippen LogP contribution in [0.3, 0.4) is 0 Å². The lowest BCUT2D eigenvalue weighted by molar-refractivity contribution is 0.100. The molecular formula is C17H19N5O2. The largest absolute Gasteiger partial charge is 0.384 e. The highest BCUT2D eigenvalue weighted by atomic mass is 16.1. The second kappa shape index (κ2) is 5.23. The van der Waals surface area contributed by atoms with Gasteiger partial charge in [0, 0.05) is 22.8 Å². The number of rotatable bonds is 2. The lowest BCUT2D eigenvalue weighted by Crippen LogP contribution is -2.17. The van der Waals surface area contributed by atoms with E-state index in [0.717, 1.165) is 16.8 Å². The van der Waals surface area contributed by atoms with Crippen molar-refractivity contribution in [2.45, 2.75) is 27.7 Å². The molecule has 1 amide bonds. The number of hydrogen-bond donors (Lipinski definition) is 3. The second-order valence-electron chi connectivity index (χ2n) is 6.00. The van der Waals surface area contributed by atoms with Crippen molar-refractivity contribution in [2.75, 3.05) is 5.73 Å². The zero-order chi connectivity index (χ0) is 17.8. The zero-order valence-electron chi connectivity index (χ0n) is 14.0. The molecule has 0 radical (unpaired) electrons. The standard InChI is InChI=1S/C17H19N5O2/c1-7-5-11-12(15(19)23)14(18)22(16(11)21-10(7)4)13-8(2)6-20-17(24)9(13)3/h5-6H,18H2,1-4H3,(H2,19,23)(H,20,24). The number of pyridine rings is 2. The normalized spacial score (nSPS) is 11.2. The van der Waals surface area contributed by atoms with Gasteiger partial charge in [0.2, 0.25) is 0 Å². The number of carbonyl (C=O) groups excluding carboxylic acids is 1. The number of aromatic amines is 1. The number of primary amides is 1. The molecule has 0 saturated carbocycles. The number of H-pyrrole nitrogens is 1. The molecule has 0 atom stereocenters. The monoisotopic (exact) mass is 325 g/mol. The first-order valence-electron chi connectivity index (χ1n) is 7.51. The Morgan fingerprint density at radius 1 is 1.21 bits per heavy atom. The molecule has 0 saturated heterocycles. The summed E-state index contributed by atoms with van der Waals surface area (Å²) in [4.78, 5) is 31.3. The fraction of sp³-hybridized carbons (Fsp3) is 0.235. The summed E-state index contributed by atoms with van der Waals surface area (Å²) < 4.78 is 1.64. The number of aryl methyl sites for hydroxylation is 3. The third-order valence-electron chi connectivity index (χ3n) is 4.38. The molecular weight excluding hydrogens is 306 g/mol. The molecule has 3 aromatic heterocycles. The third kappa shape index (κ3) is 2.09. The minimum atomic E-state index is -0.624. The predicted octanol–water partition coefficient (Wildman–Crippen LogP) is 1.63. The van der Waals surface area contributed by atoms with Crippen molar-refractivity contribution in [3.63, 3.8) is 0 Å². The number of nitrogens with one attached hydrogen (secondary N) is 1. The Labute approximate surface area is 138 Å². The summed E-state index contributed by atoms with van der Waals surface area (Å²) >= 11 is 0. The van der Waals surface area contributed by atoms with Crippen molar-refractivity contribution in [3.05, 3.63) is 50.6 Å². The van der Waals surface area contributed by atoms with Gasteiger partial charge in [-0.2, -0.15) is 0 Å². The molecule has 0 spiro atoms. The van der Waals surface area contributed by atoms with Gasteiger partial charge in [0.05, 0.1) is 11.3 Å². The highest BCUT2D eigenvalue weighted by molar-refractivity contribution is 6.11. The van der Waals surface area contributed by atoms with Crippen molar-refractivity contribution in [1.29, 1.82) is 0 Å². The number of aromatic nitrogens is 3. The highest BCUT2D eigenvalue weighted by Gasteiger charge is 2.24. The molecule has 0 fully saturated rings. The first-order valence-corrected chi connectivity index (χ1v) is 7.51. The Hall–Kier alpha value is -3.09. The Balaban J connectivity index is 2.57. The lowest BCUT2D eigenvalue weighted by Gasteiger charge is -2.13. The van der Waals surface area contributed by atoms with Crippen LogP contribution in [0.5, 0.6) is 0 Å². The molecule has 3 heterocycles. The maximum absolute atomic E-state index is 12.1. The molecule has 124 valence electrons. The van der Waals surface area contributed by atoms with Crippen LogP contribution in [-0.2, 0) is 0 Å². The molecule has 3 rings (SSSR count). The Morgan fingerprint density at radius 3 is 2.50 bits per heavy atom. The predicted molar refractivity (Wildman–Crippen MR) is 93.6 cm³/mol. The maximum Gasteiger partial charge on any atom is 0.253 e. The summed E-state index contributed by atoms with van der Waals surface area (Å²) in [6.07, 6.45) is 1.61. The summed E-state index contributed by atoms with van der Waals surface area (Å²) in [6.45, 7) is 7.35. The van der Waals surface area contributed by atoms with Crippen LogP contribution < -0.4 is 17.0 Å². The third-order valence-corrected chi connectivity index (χ3v) is 4.38. The number of carbonyl (C=O) groups is 1. The summed E-state index contributed by atoms with van der Waals surface area (Å²) in [5, 5.41) is 0.585. The van der Waals surface area contributed by atoms with E-state index in [1.165, 1.54) is 0 Å². The van der Waals surface area contributed by atoms with E-state index in [4.69, 9.17) is 11.5 Å². The van der Waals surface area contributed by atoms with Gasteiger partial charge >= 0.3 is 0 Å². The van der Waals surface area contributed by atoms with Gasteiger partial charge in [-0.15, -0.1) is 0 Å². The van der Waals surface area contributed by atoms with Crippen molar-refractivity contribution >= 4 is 22.8 Å². The van der Waals surface area contributed by atoms with Crippen LogP contribution >= 0.6 is 0 Å². The Kier molecular flexibility index (Phi) is 3.44. The van der Waals surface area contributed by atoms with Crippen LogP contribution in [-0.4, -0.2) is 20.4 Å². The molecule has 7 nitrogen and oxygen atoms in total. The first-order chi connectivity index (χ1) is 11.2. The first kappa shape index (κ1) is 15.8. The van der Waals surface area contributed by atoms with Gasteiger partial charge in [0.15, 0.2) is 0 Å². The number of nitrogens with zero attached hydrogens (tertiary/aromatic N) is 2. The SMILES string of the molecule is Cc1cc2c(C(N)=O)c(N)n(-c3c(C)c[nH]c(=O)c3C)c2nc1C. The Morgan fingerprint density at radius 2 is 1.88 bits per heavy atom. The van der Waals surface area contributed by atoms with Crippen LogP contribution in [0, 0.1) is 27.7 Å². The van der Waals surface area contributed by atoms with E-state index in [-0.39, 0.29) is 16.9 Å². The number of anilines is 1. The fourth-order valence-corrected chi connectivity index (χ4v) is 2.99. The van der Waals surface area contributed by atoms with E-state index in [2.05, 4.69) is 9.97 Å². The molecule has 0 bridgehead atoms. The minimum Gasteiger partial charge on any atom is -0.384 e. The smallest absolute Gasteiger partial charge is 0.253 e. The summed E-state index contributed by atoms with van der Waals surface area (Å²) in [5.41, 5.74) is 16.0. The number of nitrogens with two attached hydrogens (primary N) is 2. The van der Waals surface area contributed by atoms with Gasteiger partial charge in [-0.3, -0.25) is 14.2 Å². The number of fused-ring (bicyclic) bond motifs is 1. The van der Waals surface area contributed by atoms with E-state index in [0.29, 0.717) is 22.3 Å². The van der Waals surface area contributed by atoms with E-state index in [9.17, 15) is 9.59 Å². The average Bonchev–Trinajstić information content (AvgIpc) is 2.77. The quantitative estimate of drug-likeness (QED) is 0.663. The molecule has 24 heavy (non-hydrogen) atoms. The highest BCUT2D eigenvalue weighted by Crippen LogP contribution is 2.33. The van der Waals surface area contributed by atoms with Gasteiger partial charge < -0.3 is 16.5 Å². The molecule has 0 aromatic carbocycles. The van der Waals surface area contributed by atoms with Crippen LogP contribution in [0.25, 0.3) is 16.7 Å². The molecule has 0 aliphatic heterocycles. The molecule has 0 unspecified atom stereocenters. The van der Waals surface area contributed by atoms with Gasteiger partial charge in [-0.05, 0) is 44.9 Å². The fourth-order valence-electron chi connectivity index (χ4n) is 2.99. The van der Waals surface area contributed by atoms with E-state index in [1.54, 1.807) is 17.7 Å². The van der Waals surface area contributed by atoms with Gasteiger partial charge in [-0.25, -0.2) is 4.98 Å². The number of nitrogen functional groups attached to an aromatic ring is 1. The van der Waals surface area contributed by atoms with Crippen molar-refractivity contribution in [2.24, 2.45) is 5.73 Å². The topological polar surface area (TPSA) is 120 Å². The van der Waals surface area contributed by atoms with Crippen molar-refractivity contribution in [3.8, 4) is 5.69 Å². The number of hydrogen-bond acceptors (Lipinski definition) is 4. The van der Waals surface area contributed by atoms with Crippen LogP contribution in [0.4, 0.5) is 5.82 Å². The van der Waals surface area contributed by atoms with Crippen LogP contribution in [0.15, 0.2) is 17.1 Å². The van der Waals surface area contributed by atoms with Gasteiger partial charge in [0.1, 0.15) is 11.5 Å². The van der Waals surface area contributed by atoms with E-state index < -0.39 is 5.91 Å². The van der Waals surface area contributed by atoms with E-state index >= 15 is 0 Å². The van der Waals surface area contributed by atoms with Crippen molar-refractivity contribution < 1.29 is 4.79 Å². The minimum absolute atomic E-state index is 0.187. The van der Waals surface area contributed by atoms with Gasteiger partial charge in [0.25, 0.3) is 11.5 Å². The molecule has 5 N–H and O–H groups in total. The van der Waals surface area contributed by atoms with Crippen LogP contribution in [0.1, 0.15) is 32.7 Å². The molecule has 3 aromatic rings. The second-order valence-corrected chi connectivity index (χ2v) is 6.00. The van der Waals surface area contributed by atoms with Gasteiger partial charge in [-0.1, -0.05) is 0 Å². The van der Waals surface area contributed by atoms with Crippen molar-refractivity contribution in [1.82, 2.24) is 14.5 Å². The molecule has 0 aliphatic carbocycles. The average molecular weight is 325 g/mol.